The summed E-state index contributed by atoms with van der Waals surface area (Å²) in [5.41, 5.74) is 2.88. The van der Waals surface area contributed by atoms with Crippen LogP contribution in [0.2, 0.25) is 0 Å². The third kappa shape index (κ3) is 19.6. The number of carbonyl (C=O) groups is 1. The van der Waals surface area contributed by atoms with Crippen LogP contribution in [0.1, 0.15) is 51.9 Å². The average Bonchev–Trinajstić information content (AvgIpc) is 2.65. The van der Waals surface area contributed by atoms with E-state index in [0.717, 1.165) is 32.1 Å². The minimum Gasteiger partial charge on any atom is -0.481 e. The molecule has 0 aliphatic rings. The van der Waals surface area contributed by atoms with Crippen LogP contribution in [0, 0.1) is 5.92 Å². The first-order valence-corrected chi connectivity index (χ1v) is 9.73. The lowest BCUT2D eigenvalue weighted by molar-refractivity contribution is -0.136. The second kappa shape index (κ2) is 19.8. The highest BCUT2D eigenvalue weighted by Crippen LogP contribution is 2.10. The Hall–Kier alpha value is -2.57. The van der Waals surface area contributed by atoms with Crippen LogP contribution in [0.15, 0.2) is 91.3 Å². The molecule has 27 heavy (non-hydrogen) atoms. The van der Waals surface area contributed by atoms with Gasteiger partial charge in [0.25, 0.3) is 0 Å². The molecule has 0 amide bonds. The zero-order valence-electron chi connectivity index (χ0n) is 16.6. The Kier molecular flexibility index (Phi) is 17.9. The Morgan fingerprint density at radius 3 is 2.30 bits per heavy atom. The van der Waals surface area contributed by atoms with Crippen molar-refractivity contribution in [3.8, 4) is 0 Å². The van der Waals surface area contributed by atoms with Gasteiger partial charge in [-0.1, -0.05) is 86.4 Å². The monoisotopic (exact) mass is 366 g/mol. The molecule has 0 aliphatic heterocycles. The molecule has 2 heteroatoms. The zero-order chi connectivity index (χ0) is 20.0. The van der Waals surface area contributed by atoms with E-state index in [1.54, 1.807) is 0 Å². The molecule has 0 saturated carbocycles. The molecule has 0 aromatic carbocycles. The number of aliphatic carboxylic acids is 1. The Bertz CT molecular complexity index is 594. The van der Waals surface area contributed by atoms with Gasteiger partial charge in [0, 0.05) is 12.3 Å². The maximum absolute atomic E-state index is 10.4. The predicted octanol–water partition coefficient (Wildman–Crippen LogP) is 7.12. The highest BCUT2D eigenvalue weighted by molar-refractivity contribution is 5.66. The summed E-state index contributed by atoms with van der Waals surface area (Å²) >= 11 is 0. The van der Waals surface area contributed by atoms with Crippen LogP contribution in [-0.2, 0) is 4.79 Å². The van der Waals surface area contributed by atoms with Crippen molar-refractivity contribution in [2.45, 2.75) is 51.9 Å². The lowest BCUT2D eigenvalue weighted by Crippen LogP contribution is -1.91. The molecular formula is C25H34O2. The summed E-state index contributed by atoms with van der Waals surface area (Å²) in [6.45, 7) is 5.82. The third-order valence-corrected chi connectivity index (χ3v) is 3.63. The van der Waals surface area contributed by atoms with E-state index < -0.39 is 5.97 Å². The second-order valence-electron chi connectivity index (χ2n) is 6.04. The van der Waals surface area contributed by atoms with Gasteiger partial charge in [-0.3, -0.25) is 4.79 Å². The third-order valence-electron chi connectivity index (χ3n) is 3.63. The Labute approximate surface area is 165 Å². The molecule has 1 unspecified atom stereocenters. The van der Waals surface area contributed by atoms with Crippen LogP contribution in [-0.4, -0.2) is 11.1 Å². The average molecular weight is 367 g/mol. The van der Waals surface area contributed by atoms with Crippen molar-refractivity contribution in [2.75, 3.05) is 0 Å². The summed E-state index contributed by atoms with van der Waals surface area (Å²) in [5, 5.41) is 8.52. The van der Waals surface area contributed by atoms with E-state index in [4.69, 9.17) is 5.11 Å². The molecule has 1 N–H and O–H groups in total. The van der Waals surface area contributed by atoms with Gasteiger partial charge in [0.15, 0.2) is 0 Å². The molecule has 0 spiro atoms. The fourth-order valence-corrected chi connectivity index (χ4v) is 2.22. The Morgan fingerprint density at radius 1 is 0.926 bits per heavy atom. The normalized spacial score (nSPS) is 13.7. The van der Waals surface area contributed by atoms with Gasteiger partial charge in [-0.2, -0.15) is 0 Å². The van der Waals surface area contributed by atoms with Gasteiger partial charge >= 0.3 is 5.97 Å². The van der Waals surface area contributed by atoms with Crippen LogP contribution in [0.25, 0.3) is 0 Å². The molecule has 0 rings (SSSR count). The first-order chi connectivity index (χ1) is 13.2. The topological polar surface area (TPSA) is 37.3 Å². The lowest BCUT2D eigenvalue weighted by atomic mass is 10.0. The lowest BCUT2D eigenvalue weighted by Gasteiger charge is -2.03. The molecule has 0 bridgehead atoms. The maximum atomic E-state index is 10.4. The standard InChI is InChI=1S/C25H34O2/c1-3-5-6-17-21-24(20-4-2)22-18-15-13-11-9-7-8-10-12-14-16-19-23-25(26)27/h5-6,8-11,13-16,18,20,22,24H,2-3,7,12,17,19,21,23H2,1H3,(H,26,27)/b6-5-,10-8-,11-9-,15-13+,16-14-,22-18+. The largest absolute Gasteiger partial charge is 0.481 e. The smallest absolute Gasteiger partial charge is 0.303 e. The van der Waals surface area contributed by atoms with E-state index in [9.17, 15) is 4.79 Å². The number of hydrogen-bond acceptors (Lipinski definition) is 1. The van der Waals surface area contributed by atoms with E-state index in [-0.39, 0.29) is 6.42 Å². The minimum atomic E-state index is -0.750. The van der Waals surface area contributed by atoms with Gasteiger partial charge in [-0.15, -0.1) is 5.73 Å². The van der Waals surface area contributed by atoms with Crippen molar-refractivity contribution in [3.63, 3.8) is 0 Å². The number of carboxylic acid groups (broad SMARTS) is 1. The van der Waals surface area contributed by atoms with Gasteiger partial charge in [0.1, 0.15) is 0 Å². The van der Waals surface area contributed by atoms with Crippen molar-refractivity contribution in [3.05, 3.63) is 91.3 Å². The summed E-state index contributed by atoms with van der Waals surface area (Å²) in [6.07, 6.45) is 32.8. The van der Waals surface area contributed by atoms with Gasteiger partial charge in [0.2, 0.25) is 0 Å². The van der Waals surface area contributed by atoms with E-state index in [0.29, 0.717) is 12.3 Å². The summed E-state index contributed by atoms with van der Waals surface area (Å²) in [5.74, 6) is -0.371. The Balaban J connectivity index is 3.98. The number of allylic oxidation sites excluding steroid dienone is 13. The maximum Gasteiger partial charge on any atom is 0.303 e. The SMILES string of the molecule is C=C=CC(/C=C/C=C/C=C\C/C=C\C/C=C\CCC(=O)O)CC/C=C\CC. The van der Waals surface area contributed by atoms with Crippen LogP contribution < -0.4 is 0 Å². The number of carboxylic acids is 1. The highest BCUT2D eigenvalue weighted by Gasteiger charge is 1.97. The van der Waals surface area contributed by atoms with Crippen molar-refractivity contribution in [2.24, 2.45) is 5.92 Å². The number of rotatable bonds is 15. The van der Waals surface area contributed by atoms with Gasteiger partial charge in [0.05, 0.1) is 0 Å². The molecule has 0 aliphatic carbocycles. The van der Waals surface area contributed by atoms with E-state index in [1.165, 1.54) is 0 Å². The zero-order valence-corrected chi connectivity index (χ0v) is 16.6. The summed E-state index contributed by atoms with van der Waals surface area (Å²) < 4.78 is 0. The molecule has 0 aromatic heterocycles. The first kappa shape index (κ1) is 24.4. The molecule has 1 atom stereocenters. The molecule has 0 saturated heterocycles. The molecule has 0 radical (unpaired) electrons. The van der Waals surface area contributed by atoms with Crippen LogP contribution in [0.4, 0.5) is 0 Å². The predicted molar refractivity (Wildman–Crippen MR) is 118 cm³/mol. The van der Waals surface area contributed by atoms with Crippen LogP contribution in [0.3, 0.4) is 0 Å². The molecule has 0 fully saturated rings. The minimum absolute atomic E-state index is 0.199. The van der Waals surface area contributed by atoms with Crippen molar-refractivity contribution >= 4 is 5.97 Å². The quantitative estimate of drug-likeness (QED) is 0.190. The molecule has 0 heterocycles. The second-order valence-corrected chi connectivity index (χ2v) is 6.04. The van der Waals surface area contributed by atoms with Gasteiger partial charge in [-0.25, -0.2) is 0 Å². The summed E-state index contributed by atoms with van der Waals surface area (Å²) in [7, 11) is 0. The number of hydrogen-bond donors (Lipinski definition) is 1. The summed E-state index contributed by atoms with van der Waals surface area (Å²) in [4.78, 5) is 10.4. The van der Waals surface area contributed by atoms with Crippen LogP contribution in [0.5, 0.6) is 0 Å². The van der Waals surface area contributed by atoms with Gasteiger partial charge in [-0.05, 0) is 44.6 Å². The molecule has 2 nitrogen and oxygen atoms in total. The molecular weight excluding hydrogens is 332 g/mol. The van der Waals surface area contributed by atoms with Crippen LogP contribution >= 0.6 is 0 Å². The van der Waals surface area contributed by atoms with Crippen molar-refractivity contribution < 1.29 is 9.90 Å². The van der Waals surface area contributed by atoms with Crippen molar-refractivity contribution in [1.29, 1.82) is 0 Å². The summed E-state index contributed by atoms with van der Waals surface area (Å²) in [6, 6.07) is 0. The van der Waals surface area contributed by atoms with E-state index in [1.807, 2.05) is 36.5 Å². The molecule has 0 aromatic rings. The molecule has 146 valence electrons. The highest BCUT2D eigenvalue weighted by atomic mass is 16.4. The first-order valence-electron chi connectivity index (χ1n) is 9.73. The van der Waals surface area contributed by atoms with E-state index in [2.05, 4.69) is 61.8 Å². The van der Waals surface area contributed by atoms with Crippen molar-refractivity contribution in [1.82, 2.24) is 0 Å². The van der Waals surface area contributed by atoms with E-state index >= 15 is 0 Å². The van der Waals surface area contributed by atoms with Gasteiger partial charge < -0.3 is 5.11 Å². The fourth-order valence-electron chi connectivity index (χ4n) is 2.22. The Morgan fingerprint density at radius 2 is 1.59 bits per heavy atom. The fraction of sp³-hybridized carbons (Fsp3) is 0.360.